The van der Waals surface area contributed by atoms with Gasteiger partial charge < -0.3 is 5.11 Å². The number of carboxylic acids is 1. The molecule has 0 unspecified atom stereocenters. The SMILES string of the molecule is O=C(O)Cn1c(=O)nc2n(-c3cccc(C(F)(F)F)c3)c3ccccc3nc-2c1=O. The Kier molecular flexibility index (Phi) is 4.37. The van der Waals surface area contributed by atoms with Crippen molar-refractivity contribution in [2.45, 2.75) is 12.7 Å². The number of hydrogen-bond acceptors (Lipinski definition) is 5. The van der Waals surface area contributed by atoms with Gasteiger partial charge in [0.1, 0.15) is 6.54 Å². The molecule has 2 aromatic rings. The lowest BCUT2D eigenvalue weighted by Gasteiger charge is -2.18. The van der Waals surface area contributed by atoms with Crippen LogP contribution in [0.5, 0.6) is 0 Å². The molecule has 0 spiro atoms. The van der Waals surface area contributed by atoms with Crippen molar-refractivity contribution in [3.63, 3.8) is 0 Å². The summed E-state index contributed by atoms with van der Waals surface area (Å²) in [6, 6.07) is 10.6. The standard InChI is InChI=1S/C19H11F3N4O4/c20-19(21,22)10-4-3-5-11(8-10)26-13-7-2-1-6-12(13)23-15-16(26)24-18(30)25(17(15)29)9-14(27)28/h1-8H,9H2,(H,27,28). The highest BCUT2D eigenvalue weighted by molar-refractivity contribution is 5.81. The third kappa shape index (κ3) is 3.19. The van der Waals surface area contributed by atoms with E-state index in [1.807, 2.05) is 0 Å². The van der Waals surface area contributed by atoms with Gasteiger partial charge in [-0.3, -0.25) is 14.2 Å². The van der Waals surface area contributed by atoms with Crippen molar-refractivity contribution in [3.05, 3.63) is 74.9 Å². The molecule has 0 atom stereocenters. The van der Waals surface area contributed by atoms with E-state index in [9.17, 15) is 27.6 Å². The first kappa shape index (κ1) is 19.3. The highest BCUT2D eigenvalue weighted by Gasteiger charge is 2.31. The molecule has 0 bridgehead atoms. The van der Waals surface area contributed by atoms with Gasteiger partial charge in [0.05, 0.1) is 16.6 Å². The molecule has 0 aromatic heterocycles. The zero-order chi connectivity index (χ0) is 21.6. The zero-order valence-electron chi connectivity index (χ0n) is 14.9. The second kappa shape index (κ2) is 6.79. The van der Waals surface area contributed by atoms with Crippen LogP contribution in [-0.2, 0) is 17.5 Å². The average molecular weight is 416 g/mol. The second-order valence-corrected chi connectivity index (χ2v) is 6.34. The number of fused-ring (bicyclic) bond motifs is 2. The normalized spacial score (nSPS) is 11.8. The number of carbonyl (C=O) groups is 1. The van der Waals surface area contributed by atoms with Crippen molar-refractivity contribution < 1.29 is 23.1 Å². The molecular weight excluding hydrogens is 405 g/mol. The first-order valence-electron chi connectivity index (χ1n) is 8.48. The Bertz CT molecular complexity index is 1390. The Balaban J connectivity index is 2.14. The maximum atomic E-state index is 13.2. The lowest BCUT2D eigenvalue weighted by molar-refractivity contribution is -0.138. The highest BCUT2D eigenvalue weighted by Crippen LogP contribution is 2.32. The predicted octanol–water partition coefficient (Wildman–Crippen LogP) is 2.15. The molecule has 0 saturated carbocycles. The van der Waals surface area contributed by atoms with Gasteiger partial charge in [0, 0.05) is 5.69 Å². The van der Waals surface area contributed by atoms with Crippen LogP contribution in [0.25, 0.3) is 28.2 Å². The van der Waals surface area contributed by atoms with Crippen molar-refractivity contribution >= 4 is 17.0 Å². The molecule has 0 fully saturated rings. The minimum absolute atomic E-state index is 0.00992. The van der Waals surface area contributed by atoms with E-state index in [0.717, 1.165) is 12.1 Å². The molecule has 30 heavy (non-hydrogen) atoms. The molecule has 2 aliphatic heterocycles. The number of rotatable bonds is 3. The Morgan fingerprint density at radius 3 is 2.47 bits per heavy atom. The summed E-state index contributed by atoms with van der Waals surface area (Å²) in [4.78, 5) is 44.0. The van der Waals surface area contributed by atoms with E-state index in [4.69, 9.17) is 5.11 Å². The van der Waals surface area contributed by atoms with Crippen LogP contribution in [0.1, 0.15) is 5.56 Å². The number of alkyl halides is 3. The summed E-state index contributed by atoms with van der Waals surface area (Å²) in [5, 5.41) is 8.94. The summed E-state index contributed by atoms with van der Waals surface area (Å²) in [5.41, 5.74) is -2.84. The zero-order valence-corrected chi connectivity index (χ0v) is 14.9. The smallest absolute Gasteiger partial charge is 0.416 e. The van der Waals surface area contributed by atoms with Crippen molar-refractivity contribution in [2.75, 3.05) is 0 Å². The summed E-state index contributed by atoms with van der Waals surface area (Å²) < 4.78 is 41.3. The topological polar surface area (TPSA) is 107 Å². The summed E-state index contributed by atoms with van der Waals surface area (Å²) in [6.45, 7) is -0.918. The molecule has 4 rings (SSSR count). The molecule has 1 N–H and O–H groups in total. The number of hydrogen-bond donors (Lipinski definition) is 1. The van der Waals surface area contributed by atoms with Gasteiger partial charge in [0.25, 0.3) is 5.56 Å². The summed E-state index contributed by atoms with van der Waals surface area (Å²) in [7, 11) is 0. The number of aliphatic carboxylic acids is 1. The Labute approximate surface area is 164 Å². The number of benzene rings is 2. The quantitative estimate of drug-likeness (QED) is 0.513. The van der Waals surface area contributed by atoms with Crippen LogP contribution in [0.2, 0.25) is 0 Å². The number of para-hydroxylation sites is 2. The van der Waals surface area contributed by atoms with E-state index in [2.05, 4.69) is 9.97 Å². The summed E-state index contributed by atoms with van der Waals surface area (Å²) >= 11 is 0. The lowest BCUT2D eigenvalue weighted by atomic mass is 10.1. The number of carboxylic acid groups (broad SMARTS) is 1. The fourth-order valence-corrected chi connectivity index (χ4v) is 3.11. The van der Waals surface area contributed by atoms with Crippen LogP contribution in [0.15, 0.2) is 58.1 Å². The van der Waals surface area contributed by atoms with Gasteiger partial charge in [-0.25, -0.2) is 14.3 Å². The van der Waals surface area contributed by atoms with Gasteiger partial charge in [-0.1, -0.05) is 18.2 Å². The monoisotopic (exact) mass is 416 g/mol. The molecule has 152 valence electrons. The largest absolute Gasteiger partial charge is 0.480 e. The van der Waals surface area contributed by atoms with Crippen molar-refractivity contribution in [2.24, 2.45) is 0 Å². The van der Waals surface area contributed by atoms with Gasteiger partial charge in [0.15, 0.2) is 11.5 Å². The van der Waals surface area contributed by atoms with Crippen molar-refractivity contribution in [1.29, 1.82) is 0 Å². The fraction of sp³-hybridized carbons (Fsp3) is 0.105. The van der Waals surface area contributed by atoms with E-state index in [1.54, 1.807) is 18.2 Å². The number of aromatic nitrogens is 4. The van der Waals surface area contributed by atoms with E-state index in [-0.39, 0.29) is 22.7 Å². The van der Waals surface area contributed by atoms with E-state index in [0.29, 0.717) is 10.1 Å². The molecule has 2 aromatic carbocycles. The molecule has 2 aliphatic rings. The Hall–Kier alpha value is -4.02. The lowest BCUT2D eigenvalue weighted by Crippen LogP contribution is -2.40. The highest BCUT2D eigenvalue weighted by atomic mass is 19.4. The maximum absolute atomic E-state index is 13.2. The van der Waals surface area contributed by atoms with Crippen molar-refractivity contribution in [3.8, 4) is 17.2 Å². The number of nitrogens with zero attached hydrogens (tertiary/aromatic N) is 4. The minimum atomic E-state index is -4.61. The molecule has 0 aliphatic carbocycles. The maximum Gasteiger partial charge on any atom is 0.416 e. The van der Waals surface area contributed by atoms with E-state index >= 15 is 0 Å². The first-order chi connectivity index (χ1) is 14.2. The molecule has 0 saturated heterocycles. The molecule has 0 radical (unpaired) electrons. The van der Waals surface area contributed by atoms with Crippen LogP contribution >= 0.6 is 0 Å². The third-order valence-corrected chi connectivity index (χ3v) is 4.38. The van der Waals surface area contributed by atoms with Gasteiger partial charge in [-0.2, -0.15) is 18.2 Å². The minimum Gasteiger partial charge on any atom is -0.480 e. The predicted molar refractivity (Wildman–Crippen MR) is 98.7 cm³/mol. The molecule has 11 heteroatoms. The summed E-state index contributed by atoms with van der Waals surface area (Å²) in [6.07, 6.45) is -4.61. The van der Waals surface area contributed by atoms with Gasteiger partial charge in [0.2, 0.25) is 0 Å². The van der Waals surface area contributed by atoms with Gasteiger partial charge in [-0.15, -0.1) is 0 Å². The number of halogens is 3. The van der Waals surface area contributed by atoms with Crippen LogP contribution in [-0.4, -0.2) is 30.2 Å². The van der Waals surface area contributed by atoms with Crippen molar-refractivity contribution in [1.82, 2.24) is 19.1 Å². The van der Waals surface area contributed by atoms with Gasteiger partial charge >= 0.3 is 17.8 Å². The second-order valence-electron chi connectivity index (χ2n) is 6.34. The van der Waals surface area contributed by atoms with Crippen LogP contribution in [0, 0.1) is 0 Å². The molecule has 8 nitrogen and oxygen atoms in total. The van der Waals surface area contributed by atoms with E-state index in [1.165, 1.54) is 22.8 Å². The fourth-order valence-electron chi connectivity index (χ4n) is 3.11. The van der Waals surface area contributed by atoms with Crippen LogP contribution in [0.3, 0.4) is 0 Å². The Morgan fingerprint density at radius 1 is 1.03 bits per heavy atom. The van der Waals surface area contributed by atoms with Gasteiger partial charge in [-0.05, 0) is 30.3 Å². The van der Waals surface area contributed by atoms with Crippen LogP contribution in [0.4, 0.5) is 13.2 Å². The molecule has 0 amide bonds. The summed E-state index contributed by atoms with van der Waals surface area (Å²) in [5.74, 6) is -1.70. The molecular formula is C19H11F3N4O4. The van der Waals surface area contributed by atoms with E-state index < -0.39 is 35.5 Å². The third-order valence-electron chi connectivity index (χ3n) is 4.38. The Morgan fingerprint density at radius 2 is 1.77 bits per heavy atom. The first-order valence-corrected chi connectivity index (χ1v) is 8.48. The molecule has 2 heterocycles. The average Bonchev–Trinajstić information content (AvgIpc) is 2.69. The van der Waals surface area contributed by atoms with Crippen LogP contribution < -0.4 is 11.2 Å².